The van der Waals surface area contributed by atoms with Crippen LogP contribution in [-0.4, -0.2) is 32.1 Å². The zero-order valence-corrected chi connectivity index (χ0v) is 15.6. The molecule has 0 bridgehead atoms. The average Bonchev–Trinajstić information content (AvgIpc) is 2.71. The molecule has 0 N–H and O–H groups in total. The van der Waals surface area contributed by atoms with Crippen LogP contribution in [0, 0.1) is 0 Å². The van der Waals surface area contributed by atoms with E-state index >= 15 is 0 Å². The number of hydrogen-bond acceptors (Lipinski definition) is 6. The first-order valence-electron chi connectivity index (χ1n) is 7.58. The molecule has 0 unspecified atom stereocenters. The average molecular weight is 350 g/mol. The lowest BCUT2D eigenvalue weighted by Gasteiger charge is -2.21. The lowest BCUT2D eigenvalue weighted by atomic mass is 10.2. The second-order valence-electron chi connectivity index (χ2n) is 7.27. The lowest BCUT2D eigenvalue weighted by molar-refractivity contribution is 0.0529. The van der Waals surface area contributed by atoms with Gasteiger partial charge in [-0.05, 0) is 53.7 Å². The molecule has 1 aromatic carbocycles. The van der Waals surface area contributed by atoms with Crippen LogP contribution < -0.4 is 0 Å². The maximum absolute atomic E-state index is 12.6. The monoisotopic (exact) mass is 350 g/mol. The molecule has 0 radical (unpaired) electrons. The van der Waals surface area contributed by atoms with Gasteiger partial charge in [-0.25, -0.2) is 19.1 Å². The number of hydrogen-bond donors (Lipinski definition) is 0. The van der Waals surface area contributed by atoms with Crippen molar-refractivity contribution in [3.05, 3.63) is 24.3 Å². The Morgan fingerprint density at radius 2 is 1.58 bits per heavy atom. The lowest BCUT2D eigenvalue weighted by Crippen LogP contribution is -2.27. The molecule has 0 aliphatic heterocycles. The summed E-state index contributed by atoms with van der Waals surface area (Å²) in [5.41, 5.74) is -0.0874. The van der Waals surface area contributed by atoms with Gasteiger partial charge < -0.3 is 9.47 Å². The van der Waals surface area contributed by atoms with Crippen LogP contribution in [0.1, 0.15) is 41.5 Å². The van der Waals surface area contributed by atoms with E-state index in [2.05, 4.69) is 4.98 Å². The minimum Gasteiger partial charge on any atom is -0.452 e. The Labute approximate surface area is 145 Å². The molecule has 1 heterocycles. The van der Waals surface area contributed by atoms with Crippen LogP contribution in [0.25, 0.3) is 11.0 Å². The fourth-order valence-electron chi connectivity index (χ4n) is 1.90. The molecule has 130 valence electrons. The fraction of sp³-hybridized carbons (Fsp3) is 0.471. The van der Waals surface area contributed by atoms with E-state index in [1.54, 1.807) is 59.7 Å². The molecule has 6 nitrogen and oxygen atoms in total. The van der Waals surface area contributed by atoms with Crippen LogP contribution in [0.2, 0.25) is 0 Å². The summed E-state index contributed by atoms with van der Waals surface area (Å²) in [5.74, 6) is 0. The summed E-state index contributed by atoms with van der Waals surface area (Å²) < 4.78 is 12.0. The van der Waals surface area contributed by atoms with Crippen molar-refractivity contribution >= 4 is 34.2 Å². The van der Waals surface area contributed by atoms with E-state index in [9.17, 15) is 9.59 Å². The van der Waals surface area contributed by atoms with Gasteiger partial charge in [-0.2, -0.15) is 0 Å². The normalized spacial score (nSPS) is 12.2. The number of aromatic nitrogens is 2. The van der Waals surface area contributed by atoms with Crippen LogP contribution >= 0.6 is 11.8 Å². The highest BCUT2D eigenvalue weighted by atomic mass is 32.2. The third-order valence-corrected chi connectivity index (χ3v) is 3.38. The number of fused-ring (bicyclic) bond motifs is 1. The summed E-state index contributed by atoms with van der Waals surface area (Å²) in [6.07, 6.45) is -0.581. The maximum atomic E-state index is 12.6. The number of carbonyl (C=O) groups is 2. The van der Waals surface area contributed by atoms with Gasteiger partial charge in [0, 0.05) is 11.8 Å². The Kier molecular flexibility index (Phi) is 4.94. The van der Waals surface area contributed by atoms with Crippen LogP contribution in [0.5, 0.6) is 0 Å². The molecule has 0 aliphatic carbocycles. The predicted molar refractivity (Wildman–Crippen MR) is 93.5 cm³/mol. The summed E-state index contributed by atoms with van der Waals surface area (Å²) >= 11 is 0.767. The fourth-order valence-corrected chi connectivity index (χ4v) is 2.75. The smallest absolute Gasteiger partial charge is 0.421 e. The van der Waals surface area contributed by atoms with Gasteiger partial charge in [0.15, 0.2) is 5.16 Å². The summed E-state index contributed by atoms with van der Waals surface area (Å²) in [4.78, 5) is 29.0. The van der Waals surface area contributed by atoms with Gasteiger partial charge in [-0.15, -0.1) is 0 Å². The third kappa shape index (κ3) is 4.74. The highest BCUT2D eigenvalue weighted by Gasteiger charge is 2.26. The molecule has 1 aromatic heterocycles. The van der Waals surface area contributed by atoms with E-state index < -0.39 is 22.6 Å². The zero-order chi connectivity index (χ0) is 18.1. The zero-order valence-electron chi connectivity index (χ0n) is 14.7. The number of imidazole rings is 1. The largest absolute Gasteiger partial charge is 0.452 e. The first-order valence-corrected chi connectivity index (χ1v) is 8.39. The maximum Gasteiger partial charge on any atom is 0.421 e. The molecule has 0 amide bonds. The molecular weight excluding hydrogens is 328 g/mol. The molecule has 0 saturated carbocycles. The van der Waals surface area contributed by atoms with E-state index in [1.807, 2.05) is 6.07 Å². The van der Waals surface area contributed by atoms with Gasteiger partial charge in [-0.3, -0.25) is 0 Å². The highest BCUT2D eigenvalue weighted by molar-refractivity contribution is 8.13. The molecule has 0 spiro atoms. The number of carbonyl (C=O) groups excluding carboxylic acids is 2. The van der Waals surface area contributed by atoms with Gasteiger partial charge in [0.1, 0.15) is 11.2 Å². The van der Waals surface area contributed by atoms with Gasteiger partial charge in [0.2, 0.25) is 0 Å². The van der Waals surface area contributed by atoms with Crippen molar-refractivity contribution in [3.63, 3.8) is 0 Å². The van der Waals surface area contributed by atoms with E-state index in [0.29, 0.717) is 11.0 Å². The minimum atomic E-state index is -0.656. The van der Waals surface area contributed by atoms with Crippen molar-refractivity contribution in [2.75, 3.05) is 0 Å². The van der Waals surface area contributed by atoms with Crippen molar-refractivity contribution in [1.82, 2.24) is 9.55 Å². The standard InChI is InChI=1S/C17H22N2O4S/c1-16(2,3)22-14(20)19-12-10-8-7-9-11(12)18-13(19)24-15(21)23-17(4,5)6/h7-10H,1-6H3. The number of rotatable bonds is 1. The summed E-state index contributed by atoms with van der Waals surface area (Å²) in [6, 6.07) is 7.14. The first-order chi connectivity index (χ1) is 11.0. The Balaban J connectivity index is 2.40. The molecule has 0 fully saturated rings. The predicted octanol–water partition coefficient (Wildman–Crippen LogP) is 4.85. The third-order valence-electron chi connectivity index (χ3n) is 2.67. The number of ether oxygens (including phenoxy) is 2. The van der Waals surface area contributed by atoms with E-state index in [4.69, 9.17) is 9.47 Å². The molecule has 2 rings (SSSR count). The van der Waals surface area contributed by atoms with Crippen molar-refractivity contribution in [1.29, 1.82) is 0 Å². The van der Waals surface area contributed by atoms with Crippen LogP contribution in [0.15, 0.2) is 29.4 Å². The molecule has 24 heavy (non-hydrogen) atoms. The van der Waals surface area contributed by atoms with E-state index in [0.717, 1.165) is 11.8 Å². The molecular formula is C17H22N2O4S. The van der Waals surface area contributed by atoms with Crippen LogP contribution in [0.4, 0.5) is 9.59 Å². The molecule has 0 atom stereocenters. The van der Waals surface area contributed by atoms with Crippen molar-refractivity contribution in [3.8, 4) is 0 Å². The quantitative estimate of drug-likeness (QED) is 0.541. The van der Waals surface area contributed by atoms with Gasteiger partial charge in [-0.1, -0.05) is 12.1 Å². The Hall–Kier alpha value is -2.02. The second kappa shape index (κ2) is 6.47. The van der Waals surface area contributed by atoms with E-state index in [-0.39, 0.29) is 5.16 Å². The molecule has 0 aliphatic rings. The molecule has 2 aromatic rings. The van der Waals surface area contributed by atoms with Crippen LogP contribution in [0.3, 0.4) is 0 Å². The number of thioether (sulfide) groups is 1. The summed E-state index contributed by atoms with van der Waals surface area (Å²) in [6.45, 7) is 10.7. The Bertz CT molecular complexity index is 769. The van der Waals surface area contributed by atoms with Crippen molar-refractivity contribution in [2.24, 2.45) is 0 Å². The van der Waals surface area contributed by atoms with Gasteiger partial charge >= 0.3 is 11.4 Å². The van der Waals surface area contributed by atoms with Crippen molar-refractivity contribution in [2.45, 2.75) is 57.9 Å². The Morgan fingerprint density at radius 1 is 1.00 bits per heavy atom. The minimum absolute atomic E-state index is 0.222. The highest BCUT2D eigenvalue weighted by Crippen LogP contribution is 2.28. The topological polar surface area (TPSA) is 70.4 Å². The van der Waals surface area contributed by atoms with Gasteiger partial charge in [0.25, 0.3) is 0 Å². The summed E-state index contributed by atoms with van der Waals surface area (Å²) in [5, 5.41) is -0.303. The Morgan fingerprint density at radius 3 is 2.17 bits per heavy atom. The molecule has 0 saturated heterocycles. The second-order valence-corrected chi connectivity index (χ2v) is 8.17. The van der Waals surface area contributed by atoms with Crippen molar-refractivity contribution < 1.29 is 19.1 Å². The summed E-state index contributed by atoms with van der Waals surface area (Å²) in [7, 11) is 0. The number of para-hydroxylation sites is 2. The van der Waals surface area contributed by atoms with E-state index in [1.165, 1.54) is 4.57 Å². The first kappa shape index (κ1) is 18.3. The van der Waals surface area contributed by atoms with Crippen LogP contribution in [-0.2, 0) is 9.47 Å². The van der Waals surface area contributed by atoms with Gasteiger partial charge in [0.05, 0.1) is 11.0 Å². The number of nitrogens with zero attached hydrogens (tertiary/aromatic N) is 2. The SMILES string of the molecule is CC(C)(C)OC(=O)Sc1nc2ccccc2n1C(=O)OC(C)(C)C. The molecule has 7 heteroatoms. The number of benzene rings is 1.